The standard InChI is InChI=1S/C26H42O4/c1-17-20(15-21(27)16-24(17)28)9-8-19-7-6-12-26(5)22(10-11-23(19)26)18(2)30-14-13-25(3,4)29/h8-9,18,21-24,27-29H,1,6-7,10-16H2,2-5H3/b19-8?,20-9+/t18-,21+,22+,23-,24-,26+/m0/s1. The number of hydrogen-bond acceptors (Lipinski definition) is 4. The van der Waals surface area contributed by atoms with E-state index >= 15 is 0 Å². The Morgan fingerprint density at radius 2 is 2.00 bits per heavy atom. The van der Waals surface area contributed by atoms with Crippen LogP contribution in [0.1, 0.15) is 79.1 Å². The molecule has 0 saturated heterocycles. The van der Waals surface area contributed by atoms with Gasteiger partial charge in [-0.3, -0.25) is 0 Å². The number of hydrogen-bond donors (Lipinski definition) is 3. The van der Waals surface area contributed by atoms with Crippen LogP contribution in [-0.2, 0) is 4.74 Å². The van der Waals surface area contributed by atoms with E-state index in [9.17, 15) is 15.3 Å². The molecule has 3 N–H and O–H groups in total. The summed E-state index contributed by atoms with van der Waals surface area (Å²) in [6, 6.07) is 0. The first-order valence-corrected chi connectivity index (χ1v) is 11.8. The number of aliphatic hydroxyl groups is 3. The van der Waals surface area contributed by atoms with Crippen LogP contribution in [0.25, 0.3) is 0 Å². The Morgan fingerprint density at radius 1 is 1.27 bits per heavy atom. The van der Waals surface area contributed by atoms with E-state index < -0.39 is 17.8 Å². The van der Waals surface area contributed by atoms with Crippen LogP contribution in [0.5, 0.6) is 0 Å². The van der Waals surface area contributed by atoms with E-state index in [0.717, 1.165) is 17.6 Å². The topological polar surface area (TPSA) is 69.9 Å². The molecule has 0 unspecified atom stereocenters. The van der Waals surface area contributed by atoms with Crippen molar-refractivity contribution in [3.8, 4) is 0 Å². The van der Waals surface area contributed by atoms with Gasteiger partial charge in [-0.2, -0.15) is 0 Å². The first kappa shape index (κ1) is 23.7. The average molecular weight is 419 g/mol. The molecule has 3 saturated carbocycles. The molecule has 4 heteroatoms. The highest BCUT2D eigenvalue weighted by molar-refractivity contribution is 5.38. The first-order valence-electron chi connectivity index (χ1n) is 11.8. The van der Waals surface area contributed by atoms with Crippen LogP contribution >= 0.6 is 0 Å². The van der Waals surface area contributed by atoms with Crippen molar-refractivity contribution in [3.05, 3.63) is 35.5 Å². The quantitative estimate of drug-likeness (QED) is 0.585. The molecule has 3 fully saturated rings. The average Bonchev–Trinajstić information content (AvgIpc) is 3.00. The summed E-state index contributed by atoms with van der Waals surface area (Å²) >= 11 is 0. The highest BCUT2D eigenvalue weighted by Crippen LogP contribution is 2.58. The summed E-state index contributed by atoms with van der Waals surface area (Å²) in [4.78, 5) is 0. The molecule has 0 radical (unpaired) electrons. The van der Waals surface area contributed by atoms with Gasteiger partial charge in [0.2, 0.25) is 0 Å². The lowest BCUT2D eigenvalue weighted by Crippen LogP contribution is -2.39. The van der Waals surface area contributed by atoms with Crippen LogP contribution in [0.2, 0.25) is 0 Å². The van der Waals surface area contributed by atoms with Gasteiger partial charge in [0.1, 0.15) is 0 Å². The first-order chi connectivity index (χ1) is 14.0. The fraction of sp³-hybridized carbons (Fsp3) is 0.769. The van der Waals surface area contributed by atoms with Crippen molar-refractivity contribution in [2.45, 2.75) is 103 Å². The van der Waals surface area contributed by atoms with Crippen molar-refractivity contribution in [1.82, 2.24) is 0 Å². The summed E-state index contributed by atoms with van der Waals surface area (Å²) in [5.74, 6) is 1.11. The van der Waals surface area contributed by atoms with Crippen LogP contribution in [0, 0.1) is 17.3 Å². The number of ether oxygens (including phenoxy) is 1. The second-order valence-corrected chi connectivity index (χ2v) is 10.8. The zero-order valence-corrected chi connectivity index (χ0v) is 19.4. The van der Waals surface area contributed by atoms with Gasteiger partial charge in [-0.1, -0.05) is 31.2 Å². The Morgan fingerprint density at radius 3 is 2.70 bits per heavy atom. The Kier molecular flexibility index (Phi) is 7.33. The van der Waals surface area contributed by atoms with Crippen molar-refractivity contribution in [3.63, 3.8) is 0 Å². The van der Waals surface area contributed by atoms with Gasteiger partial charge in [0.15, 0.2) is 0 Å². The van der Waals surface area contributed by atoms with Crippen molar-refractivity contribution < 1.29 is 20.1 Å². The van der Waals surface area contributed by atoms with E-state index in [2.05, 4.69) is 32.6 Å². The van der Waals surface area contributed by atoms with Crippen molar-refractivity contribution in [2.75, 3.05) is 6.61 Å². The minimum Gasteiger partial charge on any atom is -0.393 e. The van der Waals surface area contributed by atoms with E-state index in [1.807, 2.05) is 13.8 Å². The van der Waals surface area contributed by atoms with Gasteiger partial charge in [-0.25, -0.2) is 0 Å². The largest absolute Gasteiger partial charge is 0.393 e. The summed E-state index contributed by atoms with van der Waals surface area (Å²) in [6.45, 7) is 13.0. The fourth-order valence-electron chi connectivity index (χ4n) is 6.13. The molecule has 0 heterocycles. The number of aliphatic hydroxyl groups excluding tert-OH is 2. The third kappa shape index (κ3) is 5.27. The molecule has 3 aliphatic carbocycles. The lowest BCUT2D eigenvalue weighted by molar-refractivity contribution is -0.0454. The molecule has 0 aliphatic heterocycles. The Labute approximate surface area is 182 Å². The maximum absolute atomic E-state index is 10.1. The SMILES string of the molecule is C=C1/C(=C/C=C2CCC[C@]3(C)[C@@H]([C@H](C)OCCC(C)(C)O)CC[C@@H]23)C[C@@H](O)C[C@@H]1O. The molecule has 0 aromatic heterocycles. The molecule has 0 bridgehead atoms. The second-order valence-electron chi connectivity index (χ2n) is 10.8. The minimum absolute atomic E-state index is 0.198. The summed E-state index contributed by atoms with van der Waals surface area (Å²) in [7, 11) is 0. The van der Waals surface area contributed by atoms with E-state index in [0.29, 0.717) is 37.7 Å². The van der Waals surface area contributed by atoms with Crippen LogP contribution < -0.4 is 0 Å². The molecule has 170 valence electrons. The highest BCUT2D eigenvalue weighted by Gasteiger charge is 2.51. The molecule has 3 rings (SSSR count). The van der Waals surface area contributed by atoms with Gasteiger partial charge in [-0.05, 0) is 94.1 Å². The van der Waals surface area contributed by atoms with E-state index in [1.165, 1.54) is 31.3 Å². The third-order valence-electron chi connectivity index (χ3n) is 7.96. The number of fused-ring (bicyclic) bond motifs is 1. The molecular formula is C26H42O4. The predicted molar refractivity (Wildman–Crippen MR) is 121 cm³/mol. The lowest BCUT2D eigenvalue weighted by atomic mass is 9.62. The number of rotatable bonds is 6. The zero-order valence-electron chi connectivity index (χ0n) is 19.4. The predicted octanol–water partition coefficient (Wildman–Crippen LogP) is 4.69. The van der Waals surface area contributed by atoms with Crippen molar-refractivity contribution >= 4 is 0 Å². The van der Waals surface area contributed by atoms with Gasteiger partial charge in [0.25, 0.3) is 0 Å². The lowest BCUT2D eigenvalue weighted by Gasteiger charge is -2.44. The smallest absolute Gasteiger partial charge is 0.0811 e. The Hall–Kier alpha value is -0.940. The summed E-state index contributed by atoms with van der Waals surface area (Å²) in [6.07, 6.45) is 11.0. The van der Waals surface area contributed by atoms with Gasteiger partial charge >= 0.3 is 0 Å². The molecule has 3 aliphatic rings. The monoisotopic (exact) mass is 418 g/mol. The normalized spacial score (nSPS) is 38.8. The summed E-state index contributed by atoms with van der Waals surface area (Å²) in [5, 5.41) is 30.1. The molecular weight excluding hydrogens is 376 g/mol. The summed E-state index contributed by atoms with van der Waals surface area (Å²) in [5.41, 5.74) is 2.82. The van der Waals surface area contributed by atoms with Crippen LogP contribution in [0.3, 0.4) is 0 Å². The fourth-order valence-corrected chi connectivity index (χ4v) is 6.13. The van der Waals surface area contributed by atoms with Crippen LogP contribution in [-0.4, -0.2) is 45.8 Å². The molecule has 0 aromatic carbocycles. The second kappa shape index (κ2) is 9.28. The maximum atomic E-state index is 10.1. The van der Waals surface area contributed by atoms with Crippen molar-refractivity contribution in [1.29, 1.82) is 0 Å². The van der Waals surface area contributed by atoms with Gasteiger partial charge < -0.3 is 20.1 Å². The van der Waals surface area contributed by atoms with E-state index in [-0.39, 0.29) is 11.5 Å². The minimum atomic E-state index is -0.680. The van der Waals surface area contributed by atoms with Gasteiger partial charge in [-0.15, -0.1) is 0 Å². The molecule has 0 spiro atoms. The molecule has 4 nitrogen and oxygen atoms in total. The van der Waals surface area contributed by atoms with Crippen LogP contribution in [0.4, 0.5) is 0 Å². The Balaban J connectivity index is 1.70. The third-order valence-corrected chi connectivity index (χ3v) is 7.96. The van der Waals surface area contributed by atoms with Gasteiger partial charge in [0.05, 0.1) is 23.9 Å². The molecule has 30 heavy (non-hydrogen) atoms. The molecule has 0 aromatic rings. The van der Waals surface area contributed by atoms with Crippen LogP contribution in [0.15, 0.2) is 35.5 Å². The Bertz CT molecular complexity index is 686. The highest BCUT2D eigenvalue weighted by atomic mass is 16.5. The zero-order chi connectivity index (χ0) is 22.1. The summed E-state index contributed by atoms with van der Waals surface area (Å²) < 4.78 is 6.19. The van der Waals surface area contributed by atoms with Gasteiger partial charge in [0, 0.05) is 13.0 Å². The van der Waals surface area contributed by atoms with E-state index in [4.69, 9.17) is 4.74 Å². The van der Waals surface area contributed by atoms with Crippen molar-refractivity contribution in [2.24, 2.45) is 17.3 Å². The molecule has 6 atom stereocenters. The molecule has 0 amide bonds. The van der Waals surface area contributed by atoms with E-state index in [1.54, 1.807) is 0 Å². The number of allylic oxidation sites excluding steroid dienone is 3. The maximum Gasteiger partial charge on any atom is 0.0811 e.